The molecule has 0 aliphatic carbocycles. The minimum Gasteiger partial charge on any atom is -0.508 e. The van der Waals surface area contributed by atoms with Gasteiger partial charge in [0.15, 0.2) is 0 Å². The van der Waals surface area contributed by atoms with Gasteiger partial charge in [0.1, 0.15) is 11.3 Å². The van der Waals surface area contributed by atoms with Crippen molar-refractivity contribution in [3.8, 4) is 5.75 Å². The van der Waals surface area contributed by atoms with Crippen LogP contribution >= 0.6 is 0 Å². The molecular weight excluding hydrogens is 364 g/mol. The van der Waals surface area contributed by atoms with Gasteiger partial charge in [-0.25, -0.2) is 0 Å². The first-order valence-corrected chi connectivity index (χ1v) is 10.5. The van der Waals surface area contributed by atoms with Gasteiger partial charge in [0.2, 0.25) is 5.91 Å². The average molecular weight is 392 g/mol. The average Bonchev–Trinajstić information content (AvgIpc) is 3.14. The van der Waals surface area contributed by atoms with Crippen LogP contribution in [0.4, 0.5) is 0 Å². The molecule has 2 saturated heterocycles. The molecule has 0 bridgehead atoms. The van der Waals surface area contributed by atoms with E-state index in [4.69, 9.17) is 0 Å². The predicted octanol–water partition coefficient (Wildman–Crippen LogP) is 3.54. The van der Waals surface area contributed by atoms with Crippen LogP contribution in [0, 0.1) is 6.92 Å². The first-order valence-electron chi connectivity index (χ1n) is 10.5. The molecule has 1 atom stereocenters. The van der Waals surface area contributed by atoms with Crippen molar-refractivity contribution in [2.24, 2.45) is 0 Å². The maximum absolute atomic E-state index is 13.5. The fraction of sp³-hybridized carbons (Fsp3) is 0.417. The molecule has 2 heterocycles. The van der Waals surface area contributed by atoms with Gasteiger partial charge in [0, 0.05) is 25.2 Å². The molecule has 0 saturated carbocycles. The van der Waals surface area contributed by atoms with Crippen LogP contribution in [-0.2, 0) is 11.2 Å². The van der Waals surface area contributed by atoms with Crippen molar-refractivity contribution in [3.63, 3.8) is 0 Å². The van der Waals surface area contributed by atoms with E-state index in [2.05, 4.69) is 12.1 Å². The number of aromatic hydroxyl groups is 1. The summed E-state index contributed by atoms with van der Waals surface area (Å²) in [7, 11) is 0. The van der Waals surface area contributed by atoms with Crippen molar-refractivity contribution in [2.45, 2.75) is 44.6 Å². The Hall–Kier alpha value is -2.82. The number of aryl methyl sites for hydroxylation is 1. The number of nitrogens with zero attached hydrogens (tertiary/aromatic N) is 2. The van der Waals surface area contributed by atoms with Crippen LogP contribution in [0.25, 0.3) is 0 Å². The zero-order valence-corrected chi connectivity index (χ0v) is 16.9. The zero-order valence-electron chi connectivity index (χ0n) is 16.9. The van der Waals surface area contributed by atoms with Crippen LogP contribution in [0.2, 0.25) is 0 Å². The van der Waals surface area contributed by atoms with Gasteiger partial charge in [-0.3, -0.25) is 9.59 Å². The number of hydrogen-bond acceptors (Lipinski definition) is 3. The highest BCUT2D eigenvalue weighted by atomic mass is 16.3. The van der Waals surface area contributed by atoms with Gasteiger partial charge in [-0.05, 0) is 68.4 Å². The van der Waals surface area contributed by atoms with Gasteiger partial charge in [0.25, 0.3) is 5.91 Å². The lowest BCUT2D eigenvalue weighted by Crippen LogP contribution is -2.61. The summed E-state index contributed by atoms with van der Waals surface area (Å²) in [5.74, 6) is 0.149. The first-order chi connectivity index (χ1) is 14.0. The molecule has 152 valence electrons. The summed E-state index contributed by atoms with van der Waals surface area (Å²) in [6, 6.07) is 15.0. The second kappa shape index (κ2) is 7.90. The fourth-order valence-corrected chi connectivity index (χ4v) is 4.88. The maximum atomic E-state index is 13.5. The number of carbonyl (C=O) groups is 2. The molecule has 5 nitrogen and oxygen atoms in total. The van der Waals surface area contributed by atoms with Crippen molar-refractivity contribution in [2.75, 3.05) is 19.6 Å². The van der Waals surface area contributed by atoms with E-state index in [1.807, 2.05) is 34.9 Å². The van der Waals surface area contributed by atoms with Crippen LogP contribution in [0.15, 0.2) is 48.5 Å². The van der Waals surface area contributed by atoms with E-state index in [1.54, 1.807) is 12.1 Å². The minimum absolute atomic E-state index is 0.0988. The number of piperidine rings is 1. The summed E-state index contributed by atoms with van der Waals surface area (Å²) in [6.07, 6.45) is 4.06. The Morgan fingerprint density at radius 3 is 2.52 bits per heavy atom. The number of benzene rings is 2. The number of likely N-dealkylation sites (tertiary alicyclic amines) is 2. The van der Waals surface area contributed by atoms with Crippen LogP contribution in [0.5, 0.6) is 5.75 Å². The Labute approximate surface area is 171 Å². The topological polar surface area (TPSA) is 60.9 Å². The molecule has 4 rings (SSSR count). The molecule has 29 heavy (non-hydrogen) atoms. The monoisotopic (exact) mass is 392 g/mol. The Kier molecular flexibility index (Phi) is 5.31. The highest BCUT2D eigenvalue weighted by Gasteiger charge is 2.52. The second-order valence-electron chi connectivity index (χ2n) is 8.22. The van der Waals surface area contributed by atoms with Gasteiger partial charge in [-0.15, -0.1) is 0 Å². The largest absolute Gasteiger partial charge is 0.508 e. The van der Waals surface area contributed by atoms with Crippen molar-refractivity contribution < 1.29 is 14.7 Å². The molecular formula is C24H28N2O3. The molecule has 2 fully saturated rings. The fourth-order valence-electron chi connectivity index (χ4n) is 4.88. The van der Waals surface area contributed by atoms with Gasteiger partial charge in [0.05, 0.1) is 0 Å². The summed E-state index contributed by atoms with van der Waals surface area (Å²) < 4.78 is 0. The summed E-state index contributed by atoms with van der Waals surface area (Å²) in [6.45, 7) is 3.88. The van der Waals surface area contributed by atoms with Crippen molar-refractivity contribution in [3.05, 3.63) is 65.2 Å². The molecule has 0 aromatic heterocycles. The third-order valence-corrected chi connectivity index (χ3v) is 6.39. The molecule has 2 aromatic carbocycles. The van der Waals surface area contributed by atoms with E-state index in [0.29, 0.717) is 18.7 Å². The first kappa shape index (κ1) is 19.5. The van der Waals surface area contributed by atoms with Crippen molar-refractivity contribution in [1.29, 1.82) is 0 Å². The number of phenolic OH excluding ortho intramolecular Hbond substituents is 1. The van der Waals surface area contributed by atoms with Crippen molar-refractivity contribution in [1.82, 2.24) is 9.80 Å². The standard InChI is InChI=1S/C24H28N2O3/c1-18-17-20(27)9-10-21(18)22(28)26-15-6-13-24(26)12-5-14-25(23(24)29)16-11-19-7-3-2-4-8-19/h2-4,7-10,17,27H,5-6,11-16H2,1H3. The van der Waals surface area contributed by atoms with Crippen molar-refractivity contribution >= 4 is 11.8 Å². The van der Waals surface area contributed by atoms with Gasteiger partial charge in [-0.1, -0.05) is 30.3 Å². The number of hydrogen-bond donors (Lipinski definition) is 1. The van der Waals surface area contributed by atoms with E-state index in [9.17, 15) is 14.7 Å². The van der Waals surface area contributed by atoms with Crippen LogP contribution < -0.4 is 0 Å². The Morgan fingerprint density at radius 2 is 1.79 bits per heavy atom. The molecule has 2 amide bonds. The summed E-state index contributed by atoms with van der Waals surface area (Å²) in [5.41, 5.74) is 1.81. The van der Waals surface area contributed by atoms with Gasteiger partial charge < -0.3 is 14.9 Å². The Morgan fingerprint density at radius 1 is 1.07 bits per heavy atom. The molecule has 2 aliphatic rings. The molecule has 2 aromatic rings. The number of carbonyl (C=O) groups excluding carboxylic acids is 2. The Balaban J connectivity index is 1.54. The SMILES string of the molecule is Cc1cc(O)ccc1C(=O)N1CCCC12CCCN(CCc1ccccc1)C2=O. The van der Waals surface area contributed by atoms with Gasteiger partial charge in [-0.2, -0.15) is 0 Å². The third kappa shape index (κ3) is 3.61. The van der Waals surface area contributed by atoms with E-state index >= 15 is 0 Å². The molecule has 1 N–H and O–H groups in total. The number of rotatable bonds is 4. The quantitative estimate of drug-likeness (QED) is 0.866. The van der Waals surface area contributed by atoms with Gasteiger partial charge >= 0.3 is 0 Å². The van der Waals surface area contributed by atoms with E-state index in [0.717, 1.165) is 44.2 Å². The second-order valence-corrected chi connectivity index (χ2v) is 8.22. The number of phenols is 1. The lowest BCUT2D eigenvalue weighted by atomic mass is 9.84. The molecule has 5 heteroatoms. The minimum atomic E-state index is -0.712. The highest BCUT2D eigenvalue weighted by Crippen LogP contribution is 2.39. The van der Waals surface area contributed by atoms with E-state index < -0.39 is 5.54 Å². The molecule has 1 spiro atoms. The van der Waals surface area contributed by atoms with E-state index in [-0.39, 0.29) is 17.6 Å². The van der Waals surface area contributed by atoms with E-state index in [1.165, 1.54) is 11.6 Å². The maximum Gasteiger partial charge on any atom is 0.255 e. The smallest absolute Gasteiger partial charge is 0.255 e. The lowest BCUT2D eigenvalue weighted by molar-refractivity contribution is -0.145. The summed E-state index contributed by atoms with van der Waals surface area (Å²) in [4.78, 5) is 30.7. The Bertz CT molecular complexity index is 912. The van der Waals surface area contributed by atoms with Crippen LogP contribution in [0.1, 0.15) is 47.2 Å². The predicted molar refractivity (Wildman–Crippen MR) is 112 cm³/mol. The summed E-state index contributed by atoms with van der Waals surface area (Å²) >= 11 is 0. The van der Waals surface area contributed by atoms with Crippen LogP contribution in [0.3, 0.4) is 0 Å². The molecule has 2 aliphatic heterocycles. The number of amides is 2. The van der Waals surface area contributed by atoms with Crippen LogP contribution in [-0.4, -0.2) is 51.9 Å². The highest BCUT2D eigenvalue weighted by molar-refractivity contribution is 6.01. The lowest BCUT2D eigenvalue weighted by Gasteiger charge is -2.44. The normalized spacial score (nSPS) is 21.8. The third-order valence-electron chi connectivity index (χ3n) is 6.39. The molecule has 1 unspecified atom stereocenters. The zero-order chi connectivity index (χ0) is 20.4. The molecule has 0 radical (unpaired) electrons. The summed E-state index contributed by atoms with van der Waals surface area (Å²) in [5, 5.41) is 9.67.